The number of halogens is 1. The molecule has 0 spiro atoms. The summed E-state index contributed by atoms with van der Waals surface area (Å²) in [5.41, 5.74) is 1.16. The summed E-state index contributed by atoms with van der Waals surface area (Å²) in [6, 6.07) is 7.11. The first kappa shape index (κ1) is 14.5. The minimum absolute atomic E-state index is 0.0910. The quantitative estimate of drug-likeness (QED) is 0.791. The van der Waals surface area contributed by atoms with Crippen molar-refractivity contribution in [2.75, 3.05) is 6.54 Å². The molecule has 0 saturated heterocycles. The van der Waals surface area contributed by atoms with Gasteiger partial charge in [0.05, 0.1) is 6.10 Å². The second-order valence-corrected chi connectivity index (χ2v) is 5.65. The summed E-state index contributed by atoms with van der Waals surface area (Å²) >= 11 is 0. The topological polar surface area (TPSA) is 32.3 Å². The fourth-order valence-electron chi connectivity index (χ4n) is 2.67. The first-order valence-corrected chi connectivity index (χ1v) is 7.36. The molecule has 0 radical (unpaired) electrons. The Morgan fingerprint density at radius 3 is 2.58 bits per heavy atom. The number of aliphatic hydroxyl groups is 1. The van der Waals surface area contributed by atoms with Crippen molar-refractivity contribution in [1.82, 2.24) is 5.32 Å². The molecular weight excluding hydrogens is 241 g/mol. The van der Waals surface area contributed by atoms with E-state index < -0.39 is 0 Å². The number of nitrogens with one attached hydrogen (secondary N) is 1. The lowest BCUT2D eigenvalue weighted by molar-refractivity contribution is 0.0416. The van der Waals surface area contributed by atoms with E-state index in [1.54, 1.807) is 0 Å². The first-order chi connectivity index (χ1) is 9.19. The van der Waals surface area contributed by atoms with E-state index in [0.29, 0.717) is 12.0 Å². The molecule has 1 unspecified atom stereocenters. The van der Waals surface area contributed by atoms with Gasteiger partial charge in [-0.2, -0.15) is 0 Å². The van der Waals surface area contributed by atoms with E-state index in [1.165, 1.54) is 25.0 Å². The van der Waals surface area contributed by atoms with E-state index in [4.69, 9.17) is 0 Å². The van der Waals surface area contributed by atoms with Crippen molar-refractivity contribution in [3.05, 3.63) is 35.6 Å². The Kier molecular flexibility index (Phi) is 5.34. The average Bonchev–Trinajstić information content (AvgIpc) is 2.38. The van der Waals surface area contributed by atoms with Crippen LogP contribution in [0, 0.1) is 11.7 Å². The number of rotatable bonds is 7. The highest BCUT2D eigenvalue weighted by molar-refractivity contribution is 5.19. The minimum Gasteiger partial charge on any atom is -0.393 e. The van der Waals surface area contributed by atoms with Crippen LogP contribution in [0.1, 0.15) is 50.6 Å². The van der Waals surface area contributed by atoms with Crippen molar-refractivity contribution in [3.8, 4) is 0 Å². The van der Waals surface area contributed by atoms with Crippen LogP contribution >= 0.6 is 0 Å². The molecule has 1 atom stereocenters. The summed E-state index contributed by atoms with van der Waals surface area (Å²) in [6.45, 7) is 3.13. The summed E-state index contributed by atoms with van der Waals surface area (Å²) in [4.78, 5) is 0. The van der Waals surface area contributed by atoms with E-state index in [1.807, 2.05) is 12.1 Å². The van der Waals surface area contributed by atoms with Crippen molar-refractivity contribution in [1.29, 1.82) is 0 Å². The SMILES string of the molecule is CCCCC(NCC1CC(O)C1)c1ccc(F)cc1. The Balaban J connectivity index is 1.89. The van der Waals surface area contributed by atoms with Gasteiger partial charge in [-0.3, -0.25) is 0 Å². The summed E-state index contributed by atoms with van der Waals surface area (Å²) in [5, 5.41) is 12.9. The lowest BCUT2D eigenvalue weighted by atomic mass is 9.82. The highest BCUT2D eigenvalue weighted by Gasteiger charge is 2.27. The highest BCUT2D eigenvalue weighted by Crippen LogP contribution is 2.28. The molecule has 0 heterocycles. The zero-order chi connectivity index (χ0) is 13.7. The third-order valence-corrected chi connectivity index (χ3v) is 3.98. The highest BCUT2D eigenvalue weighted by atomic mass is 19.1. The van der Waals surface area contributed by atoms with Gasteiger partial charge in [0.15, 0.2) is 0 Å². The fraction of sp³-hybridized carbons (Fsp3) is 0.625. The maximum atomic E-state index is 13.0. The predicted octanol–water partition coefficient (Wildman–Crippen LogP) is 3.42. The molecule has 19 heavy (non-hydrogen) atoms. The van der Waals surface area contributed by atoms with Crippen molar-refractivity contribution in [3.63, 3.8) is 0 Å². The van der Waals surface area contributed by atoms with Crippen LogP contribution in [0.15, 0.2) is 24.3 Å². The van der Waals surface area contributed by atoms with Crippen LogP contribution in [0.2, 0.25) is 0 Å². The van der Waals surface area contributed by atoms with Crippen LogP contribution in [0.5, 0.6) is 0 Å². The summed E-state index contributed by atoms with van der Waals surface area (Å²) in [5.74, 6) is 0.416. The van der Waals surface area contributed by atoms with Crippen LogP contribution in [0.3, 0.4) is 0 Å². The summed E-state index contributed by atoms with van der Waals surface area (Å²) in [7, 11) is 0. The van der Waals surface area contributed by atoms with E-state index in [2.05, 4.69) is 12.2 Å². The maximum Gasteiger partial charge on any atom is 0.123 e. The minimum atomic E-state index is -0.180. The van der Waals surface area contributed by atoms with Crippen molar-refractivity contribution in [2.45, 2.75) is 51.2 Å². The van der Waals surface area contributed by atoms with Gasteiger partial charge >= 0.3 is 0 Å². The Bertz CT molecular complexity index is 373. The van der Waals surface area contributed by atoms with Crippen LogP contribution in [-0.2, 0) is 0 Å². The van der Waals surface area contributed by atoms with Gasteiger partial charge in [0.2, 0.25) is 0 Å². The Labute approximate surface area is 115 Å². The van der Waals surface area contributed by atoms with E-state index in [9.17, 15) is 9.50 Å². The molecule has 0 amide bonds. The molecule has 2 nitrogen and oxygen atoms in total. The van der Waals surface area contributed by atoms with Gasteiger partial charge in [0, 0.05) is 6.04 Å². The Morgan fingerprint density at radius 1 is 1.32 bits per heavy atom. The molecule has 2 rings (SSSR count). The molecular formula is C16H24FNO. The molecule has 1 aromatic rings. The van der Waals surface area contributed by atoms with Gasteiger partial charge in [-0.1, -0.05) is 31.9 Å². The molecule has 1 aliphatic carbocycles. The third-order valence-electron chi connectivity index (χ3n) is 3.98. The molecule has 1 saturated carbocycles. The van der Waals surface area contributed by atoms with Crippen molar-refractivity contribution in [2.24, 2.45) is 5.92 Å². The summed E-state index contributed by atoms with van der Waals surface area (Å²) < 4.78 is 13.0. The second kappa shape index (κ2) is 7.01. The monoisotopic (exact) mass is 265 g/mol. The van der Waals surface area contributed by atoms with Gasteiger partial charge in [0.1, 0.15) is 5.82 Å². The zero-order valence-corrected chi connectivity index (χ0v) is 11.6. The number of aliphatic hydroxyl groups excluding tert-OH is 1. The van der Waals surface area contributed by atoms with Gasteiger partial charge in [-0.05, 0) is 49.4 Å². The third kappa shape index (κ3) is 4.29. The van der Waals surface area contributed by atoms with Crippen LogP contribution in [-0.4, -0.2) is 17.8 Å². The van der Waals surface area contributed by atoms with E-state index in [0.717, 1.165) is 31.4 Å². The maximum absolute atomic E-state index is 13.0. The van der Waals surface area contributed by atoms with Gasteiger partial charge < -0.3 is 10.4 Å². The normalized spacial score (nSPS) is 23.9. The number of benzene rings is 1. The number of hydrogen-bond acceptors (Lipinski definition) is 2. The van der Waals surface area contributed by atoms with E-state index in [-0.39, 0.29) is 11.9 Å². The van der Waals surface area contributed by atoms with Crippen LogP contribution in [0.4, 0.5) is 4.39 Å². The lowest BCUT2D eigenvalue weighted by Gasteiger charge is -2.33. The molecule has 1 fully saturated rings. The predicted molar refractivity (Wildman–Crippen MR) is 75.4 cm³/mol. The molecule has 2 N–H and O–H groups in total. The van der Waals surface area contributed by atoms with Gasteiger partial charge in [-0.25, -0.2) is 4.39 Å². The Morgan fingerprint density at radius 2 is 2.00 bits per heavy atom. The first-order valence-electron chi connectivity index (χ1n) is 7.36. The van der Waals surface area contributed by atoms with Crippen molar-refractivity contribution >= 4 is 0 Å². The number of hydrogen-bond donors (Lipinski definition) is 2. The van der Waals surface area contributed by atoms with Crippen LogP contribution in [0.25, 0.3) is 0 Å². The molecule has 0 bridgehead atoms. The standard InChI is InChI=1S/C16H24FNO/c1-2-3-4-16(13-5-7-14(17)8-6-13)18-11-12-9-15(19)10-12/h5-8,12,15-16,18-19H,2-4,9-11H2,1H3. The zero-order valence-electron chi connectivity index (χ0n) is 11.6. The molecule has 3 heteroatoms. The average molecular weight is 265 g/mol. The number of unbranched alkanes of at least 4 members (excludes halogenated alkanes) is 1. The van der Waals surface area contributed by atoms with Gasteiger partial charge in [-0.15, -0.1) is 0 Å². The summed E-state index contributed by atoms with van der Waals surface area (Å²) in [6.07, 6.45) is 5.15. The second-order valence-electron chi connectivity index (χ2n) is 5.65. The lowest BCUT2D eigenvalue weighted by Crippen LogP contribution is -2.37. The Hall–Kier alpha value is -0.930. The molecule has 106 valence electrons. The fourth-order valence-corrected chi connectivity index (χ4v) is 2.67. The smallest absolute Gasteiger partial charge is 0.123 e. The van der Waals surface area contributed by atoms with E-state index >= 15 is 0 Å². The van der Waals surface area contributed by atoms with Crippen molar-refractivity contribution < 1.29 is 9.50 Å². The van der Waals surface area contributed by atoms with Gasteiger partial charge in [0.25, 0.3) is 0 Å². The molecule has 0 aliphatic heterocycles. The molecule has 1 aromatic carbocycles. The molecule has 0 aromatic heterocycles. The largest absolute Gasteiger partial charge is 0.393 e. The van der Waals surface area contributed by atoms with Crippen LogP contribution < -0.4 is 5.32 Å². The molecule has 1 aliphatic rings.